The van der Waals surface area contributed by atoms with E-state index in [1.807, 2.05) is 18.3 Å². The average molecular weight is 233 g/mol. The summed E-state index contributed by atoms with van der Waals surface area (Å²) in [5.74, 6) is 0. The molecule has 1 heterocycles. The van der Waals surface area contributed by atoms with Crippen LogP contribution in [0.5, 0.6) is 0 Å². The number of aromatic nitrogens is 1. The van der Waals surface area contributed by atoms with Gasteiger partial charge >= 0.3 is 0 Å². The summed E-state index contributed by atoms with van der Waals surface area (Å²) in [7, 11) is 0. The summed E-state index contributed by atoms with van der Waals surface area (Å²) < 4.78 is 0. The van der Waals surface area contributed by atoms with Crippen LogP contribution >= 0.6 is 0 Å². The zero-order valence-electron chi connectivity index (χ0n) is 10.4. The summed E-state index contributed by atoms with van der Waals surface area (Å²) in [5, 5.41) is 2.64. The zero-order valence-corrected chi connectivity index (χ0v) is 10.4. The Hall–Kier alpha value is -2.15. The Kier molecular flexibility index (Phi) is 2.81. The maximum Gasteiger partial charge on any atom is 0.0704 e. The van der Waals surface area contributed by atoms with E-state index in [0.29, 0.717) is 0 Å². The number of aryl methyl sites for hydroxylation is 1. The summed E-state index contributed by atoms with van der Waals surface area (Å²) >= 11 is 0. The fourth-order valence-corrected chi connectivity index (χ4v) is 2.48. The Morgan fingerprint density at radius 3 is 2.50 bits per heavy atom. The molecule has 1 nitrogen and oxygen atoms in total. The molecule has 0 saturated carbocycles. The Balaban J connectivity index is 2.31. The molecular formula is C17H15N. The monoisotopic (exact) mass is 233 g/mol. The van der Waals surface area contributed by atoms with E-state index in [2.05, 4.69) is 54.4 Å². The van der Waals surface area contributed by atoms with Gasteiger partial charge in [-0.15, -0.1) is 0 Å². The number of fused-ring (bicyclic) bond motifs is 1. The van der Waals surface area contributed by atoms with E-state index in [1.54, 1.807) is 0 Å². The molecular weight excluding hydrogens is 218 g/mol. The molecule has 88 valence electrons. The summed E-state index contributed by atoms with van der Waals surface area (Å²) in [6, 6.07) is 19.0. The number of rotatable bonds is 2. The van der Waals surface area contributed by atoms with Crippen LogP contribution in [0.25, 0.3) is 22.0 Å². The highest BCUT2D eigenvalue weighted by atomic mass is 14.7. The molecule has 0 N–H and O–H groups in total. The lowest BCUT2D eigenvalue weighted by Gasteiger charge is -2.11. The van der Waals surface area contributed by atoms with Crippen molar-refractivity contribution >= 4 is 10.8 Å². The summed E-state index contributed by atoms with van der Waals surface area (Å²) in [5.41, 5.74) is 3.68. The van der Waals surface area contributed by atoms with E-state index in [0.717, 1.165) is 12.1 Å². The van der Waals surface area contributed by atoms with Crippen LogP contribution in [-0.2, 0) is 6.42 Å². The van der Waals surface area contributed by atoms with Gasteiger partial charge in [0.2, 0.25) is 0 Å². The van der Waals surface area contributed by atoms with Gasteiger partial charge in [-0.05, 0) is 34.9 Å². The molecule has 3 rings (SSSR count). The van der Waals surface area contributed by atoms with Gasteiger partial charge in [-0.1, -0.05) is 49.4 Å². The standard InChI is InChI=1S/C17H15N/c1-2-14-15-8-4-3-7-13(15)10-11-16(14)17-9-5-6-12-18-17/h3-12H,2H2,1H3. The fraction of sp³-hybridized carbons (Fsp3) is 0.118. The molecule has 0 aliphatic carbocycles. The van der Waals surface area contributed by atoms with Crippen LogP contribution in [0.3, 0.4) is 0 Å². The molecule has 2 aromatic carbocycles. The second-order valence-corrected chi connectivity index (χ2v) is 4.38. The Morgan fingerprint density at radius 1 is 0.889 bits per heavy atom. The van der Waals surface area contributed by atoms with Crippen LogP contribution in [0.15, 0.2) is 60.8 Å². The van der Waals surface area contributed by atoms with Crippen molar-refractivity contribution in [2.24, 2.45) is 0 Å². The number of benzene rings is 2. The van der Waals surface area contributed by atoms with Crippen molar-refractivity contribution in [3.8, 4) is 11.3 Å². The third-order valence-corrected chi connectivity index (χ3v) is 3.33. The van der Waals surface area contributed by atoms with Crippen LogP contribution in [0.2, 0.25) is 0 Å². The molecule has 0 radical (unpaired) electrons. The van der Waals surface area contributed by atoms with Crippen molar-refractivity contribution in [2.45, 2.75) is 13.3 Å². The van der Waals surface area contributed by atoms with Crippen molar-refractivity contribution in [1.82, 2.24) is 4.98 Å². The molecule has 3 aromatic rings. The van der Waals surface area contributed by atoms with Gasteiger partial charge in [-0.2, -0.15) is 0 Å². The van der Waals surface area contributed by atoms with Crippen molar-refractivity contribution < 1.29 is 0 Å². The van der Waals surface area contributed by atoms with E-state index < -0.39 is 0 Å². The highest BCUT2D eigenvalue weighted by Crippen LogP contribution is 2.29. The third-order valence-electron chi connectivity index (χ3n) is 3.33. The van der Waals surface area contributed by atoms with E-state index in [1.165, 1.54) is 21.9 Å². The molecule has 0 saturated heterocycles. The molecule has 1 aromatic heterocycles. The van der Waals surface area contributed by atoms with Crippen LogP contribution in [0, 0.1) is 0 Å². The summed E-state index contributed by atoms with van der Waals surface area (Å²) in [6.07, 6.45) is 2.87. The summed E-state index contributed by atoms with van der Waals surface area (Å²) in [6.45, 7) is 2.20. The number of nitrogens with zero attached hydrogens (tertiary/aromatic N) is 1. The smallest absolute Gasteiger partial charge is 0.0704 e. The van der Waals surface area contributed by atoms with E-state index >= 15 is 0 Å². The second kappa shape index (κ2) is 4.61. The second-order valence-electron chi connectivity index (χ2n) is 4.38. The quantitative estimate of drug-likeness (QED) is 0.636. The van der Waals surface area contributed by atoms with Gasteiger partial charge < -0.3 is 0 Å². The first kappa shape index (κ1) is 11.0. The van der Waals surface area contributed by atoms with Crippen molar-refractivity contribution in [1.29, 1.82) is 0 Å². The molecule has 0 unspecified atom stereocenters. The Morgan fingerprint density at radius 2 is 1.72 bits per heavy atom. The van der Waals surface area contributed by atoms with Gasteiger partial charge in [-0.25, -0.2) is 0 Å². The van der Waals surface area contributed by atoms with Crippen molar-refractivity contribution in [3.63, 3.8) is 0 Å². The minimum Gasteiger partial charge on any atom is -0.256 e. The van der Waals surface area contributed by atoms with Crippen molar-refractivity contribution in [3.05, 3.63) is 66.4 Å². The van der Waals surface area contributed by atoms with Crippen LogP contribution < -0.4 is 0 Å². The zero-order chi connectivity index (χ0) is 12.4. The molecule has 0 atom stereocenters. The first-order valence-corrected chi connectivity index (χ1v) is 6.32. The van der Waals surface area contributed by atoms with E-state index in [-0.39, 0.29) is 0 Å². The predicted octanol–water partition coefficient (Wildman–Crippen LogP) is 4.46. The molecule has 18 heavy (non-hydrogen) atoms. The SMILES string of the molecule is CCc1c(-c2ccccn2)ccc2ccccc12. The molecule has 0 bridgehead atoms. The summed E-state index contributed by atoms with van der Waals surface area (Å²) in [4.78, 5) is 4.46. The van der Waals surface area contributed by atoms with Gasteiger partial charge in [-0.3, -0.25) is 4.98 Å². The first-order valence-electron chi connectivity index (χ1n) is 6.32. The number of hydrogen-bond acceptors (Lipinski definition) is 1. The highest BCUT2D eigenvalue weighted by Gasteiger charge is 2.08. The number of pyridine rings is 1. The molecule has 0 fully saturated rings. The van der Waals surface area contributed by atoms with E-state index in [9.17, 15) is 0 Å². The lowest BCUT2D eigenvalue weighted by Crippen LogP contribution is -1.91. The highest BCUT2D eigenvalue weighted by molar-refractivity contribution is 5.91. The minimum absolute atomic E-state index is 1.02. The fourth-order valence-electron chi connectivity index (χ4n) is 2.48. The molecule has 0 spiro atoms. The number of hydrogen-bond donors (Lipinski definition) is 0. The molecule has 0 aliphatic rings. The molecule has 0 amide bonds. The normalized spacial score (nSPS) is 10.7. The van der Waals surface area contributed by atoms with Crippen LogP contribution in [0.1, 0.15) is 12.5 Å². The van der Waals surface area contributed by atoms with Gasteiger partial charge in [0.25, 0.3) is 0 Å². The maximum atomic E-state index is 4.46. The van der Waals surface area contributed by atoms with Crippen molar-refractivity contribution in [2.75, 3.05) is 0 Å². The van der Waals surface area contributed by atoms with Gasteiger partial charge in [0.15, 0.2) is 0 Å². The minimum atomic E-state index is 1.02. The lowest BCUT2D eigenvalue weighted by atomic mass is 9.95. The van der Waals surface area contributed by atoms with Gasteiger partial charge in [0.05, 0.1) is 5.69 Å². The predicted molar refractivity (Wildman–Crippen MR) is 76.6 cm³/mol. The van der Waals surface area contributed by atoms with Gasteiger partial charge in [0.1, 0.15) is 0 Å². The van der Waals surface area contributed by atoms with E-state index in [4.69, 9.17) is 0 Å². The largest absolute Gasteiger partial charge is 0.256 e. The van der Waals surface area contributed by atoms with Crippen LogP contribution in [0.4, 0.5) is 0 Å². The lowest BCUT2D eigenvalue weighted by molar-refractivity contribution is 1.15. The maximum absolute atomic E-state index is 4.46. The Bertz CT molecular complexity index is 672. The average Bonchev–Trinajstić information content (AvgIpc) is 2.47. The topological polar surface area (TPSA) is 12.9 Å². The Labute approximate surface area is 107 Å². The van der Waals surface area contributed by atoms with Crippen LogP contribution in [-0.4, -0.2) is 4.98 Å². The van der Waals surface area contributed by atoms with Gasteiger partial charge in [0, 0.05) is 11.8 Å². The molecule has 0 aliphatic heterocycles. The first-order chi connectivity index (χ1) is 8.90. The molecule has 1 heteroatoms. The third kappa shape index (κ3) is 1.78.